The van der Waals surface area contributed by atoms with Crippen molar-refractivity contribution in [1.82, 2.24) is 4.90 Å². The van der Waals surface area contributed by atoms with Gasteiger partial charge in [-0.3, -0.25) is 4.79 Å². The fraction of sp³-hybridized carbons (Fsp3) is 0.381. The third-order valence-electron chi connectivity index (χ3n) is 4.70. The minimum absolute atomic E-state index is 0.00925. The fourth-order valence-electron chi connectivity index (χ4n) is 3.27. The van der Waals surface area contributed by atoms with Gasteiger partial charge >= 0.3 is 0 Å². The molecule has 0 bridgehead atoms. The van der Waals surface area contributed by atoms with Crippen LogP contribution in [-0.4, -0.2) is 30.5 Å². The summed E-state index contributed by atoms with van der Waals surface area (Å²) in [6, 6.07) is 16.6. The van der Waals surface area contributed by atoms with E-state index in [0.717, 1.165) is 12.0 Å². The number of nitrogens with zero attached hydrogens (tertiary/aromatic N) is 1. The Morgan fingerprint density at radius 2 is 1.96 bits per heavy atom. The average molecular weight is 323 g/mol. The van der Waals surface area contributed by atoms with Crippen molar-refractivity contribution in [2.75, 3.05) is 19.7 Å². The summed E-state index contributed by atoms with van der Waals surface area (Å²) in [6.45, 7) is 6.16. The zero-order chi connectivity index (χ0) is 16.9. The molecule has 0 spiro atoms. The molecule has 0 aliphatic carbocycles. The van der Waals surface area contributed by atoms with Gasteiger partial charge in [0.05, 0.1) is 13.2 Å². The lowest BCUT2D eigenvalue weighted by atomic mass is 10.0. The van der Waals surface area contributed by atoms with Crippen LogP contribution >= 0.6 is 0 Å². The average Bonchev–Trinajstić information content (AvgIpc) is 2.61. The first-order valence-electron chi connectivity index (χ1n) is 8.64. The topological polar surface area (TPSA) is 29.5 Å². The van der Waals surface area contributed by atoms with E-state index in [1.54, 1.807) is 0 Å². The monoisotopic (exact) mass is 323 g/mol. The molecule has 3 rings (SSSR count). The number of hydrogen-bond donors (Lipinski definition) is 0. The molecule has 1 aliphatic rings. The predicted octanol–water partition coefficient (Wildman–Crippen LogP) is 3.84. The molecular weight excluding hydrogens is 298 g/mol. The molecule has 0 radical (unpaired) electrons. The highest BCUT2D eigenvalue weighted by molar-refractivity contribution is 5.76. The summed E-state index contributed by atoms with van der Waals surface area (Å²) < 4.78 is 5.85. The van der Waals surface area contributed by atoms with Crippen molar-refractivity contribution in [3.8, 4) is 0 Å². The van der Waals surface area contributed by atoms with Crippen LogP contribution in [0.15, 0.2) is 48.5 Å². The fourth-order valence-corrected chi connectivity index (χ4v) is 3.27. The summed E-state index contributed by atoms with van der Waals surface area (Å²) in [5, 5.41) is 0. The Bertz CT molecular complexity index is 696. The van der Waals surface area contributed by atoms with Gasteiger partial charge in [-0.05, 0) is 37.0 Å². The number of rotatable bonds is 4. The van der Waals surface area contributed by atoms with Gasteiger partial charge in [0, 0.05) is 13.0 Å². The lowest BCUT2D eigenvalue weighted by Crippen LogP contribution is -2.42. The van der Waals surface area contributed by atoms with Crippen LogP contribution in [0.4, 0.5) is 0 Å². The Morgan fingerprint density at radius 3 is 2.71 bits per heavy atom. The molecule has 3 nitrogen and oxygen atoms in total. The van der Waals surface area contributed by atoms with Gasteiger partial charge in [0.1, 0.15) is 6.10 Å². The zero-order valence-corrected chi connectivity index (χ0v) is 14.5. The van der Waals surface area contributed by atoms with Gasteiger partial charge in [-0.15, -0.1) is 0 Å². The highest BCUT2D eigenvalue weighted by Gasteiger charge is 2.25. The maximum absolute atomic E-state index is 12.6. The van der Waals surface area contributed by atoms with Crippen molar-refractivity contribution < 1.29 is 9.53 Å². The van der Waals surface area contributed by atoms with E-state index < -0.39 is 0 Å². The molecule has 3 heteroatoms. The first-order chi connectivity index (χ1) is 11.6. The Hall–Kier alpha value is -2.13. The Labute approximate surface area is 144 Å². The van der Waals surface area contributed by atoms with Crippen LogP contribution in [0.1, 0.15) is 34.8 Å². The van der Waals surface area contributed by atoms with E-state index in [2.05, 4.69) is 44.2 Å². The molecule has 1 fully saturated rings. The van der Waals surface area contributed by atoms with Gasteiger partial charge in [-0.2, -0.15) is 0 Å². The molecule has 0 aromatic heterocycles. The number of benzene rings is 2. The highest BCUT2D eigenvalue weighted by atomic mass is 16.5. The smallest absolute Gasteiger partial charge is 0.223 e. The number of morpholine rings is 1. The number of carbonyl (C=O) groups excluding carboxylic acids is 1. The van der Waals surface area contributed by atoms with Crippen molar-refractivity contribution in [2.45, 2.75) is 32.8 Å². The Kier molecular flexibility index (Phi) is 5.31. The second-order valence-corrected chi connectivity index (χ2v) is 6.54. The summed E-state index contributed by atoms with van der Waals surface area (Å²) in [4.78, 5) is 14.5. The standard InChI is InChI=1S/C21H25NO2/c1-16-8-9-18(17(2)14-16)10-11-21(23)22-12-13-24-20(15-22)19-6-4-3-5-7-19/h3-9,14,20H,10-13,15H2,1-2H3. The molecule has 1 aliphatic heterocycles. The van der Waals surface area contributed by atoms with Crippen molar-refractivity contribution in [3.63, 3.8) is 0 Å². The lowest BCUT2D eigenvalue weighted by molar-refractivity contribution is -0.139. The third-order valence-corrected chi connectivity index (χ3v) is 4.70. The van der Waals surface area contributed by atoms with Gasteiger partial charge in [0.25, 0.3) is 0 Å². The second-order valence-electron chi connectivity index (χ2n) is 6.54. The SMILES string of the molecule is Cc1ccc(CCC(=O)N2CCOC(c3ccccc3)C2)c(C)c1. The van der Waals surface area contributed by atoms with E-state index in [-0.39, 0.29) is 12.0 Å². The summed E-state index contributed by atoms with van der Waals surface area (Å²) in [6.07, 6.45) is 1.36. The first-order valence-corrected chi connectivity index (χ1v) is 8.64. The highest BCUT2D eigenvalue weighted by Crippen LogP contribution is 2.22. The summed E-state index contributed by atoms with van der Waals surface area (Å²) in [5.74, 6) is 0.221. The van der Waals surface area contributed by atoms with Crippen molar-refractivity contribution >= 4 is 5.91 Å². The molecule has 1 amide bonds. The molecular formula is C21H25NO2. The van der Waals surface area contributed by atoms with Gasteiger partial charge in [0.2, 0.25) is 5.91 Å². The third kappa shape index (κ3) is 4.04. The largest absolute Gasteiger partial charge is 0.370 e. The summed E-state index contributed by atoms with van der Waals surface area (Å²) >= 11 is 0. The number of hydrogen-bond acceptors (Lipinski definition) is 2. The Balaban J connectivity index is 1.58. The van der Waals surface area contributed by atoms with E-state index in [9.17, 15) is 4.79 Å². The minimum Gasteiger partial charge on any atom is -0.370 e. The minimum atomic E-state index is -0.00925. The van der Waals surface area contributed by atoms with E-state index in [0.29, 0.717) is 26.1 Å². The lowest BCUT2D eigenvalue weighted by Gasteiger charge is -2.33. The number of ether oxygens (including phenoxy) is 1. The summed E-state index contributed by atoms with van der Waals surface area (Å²) in [7, 11) is 0. The second kappa shape index (κ2) is 7.63. The number of amides is 1. The van der Waals surface area contributed by atoms with Crippen LogP contribution in [0.5, 0.6) is 0 Å². The van der Waals surface area contributed by atoms with Crippen molar-refractivity contribution in [1.29, 1.82) is 0 Å². The van der Waals surface area contributed by atoms with Crippen LogP contribution < -0.4 is 0 Å². The van der Waals surface area contributed by atoms with Crippen molar-refractivity contribution in [2.24, 2.45) is 0 Å². The Morgan fingerprint density at radius 1 is 1.17 bits per heavy atom. The van der Waals surface area contributed by atoms with Crippen LogP contribution in [0.25, 0.3) is 0 Å². The van der Waals surface area contributed by atoms with E-state index in [1.807, 2.05) is 23.1 Å². The zero-order valence-electron chi connectivity index (χ0n) is 14.5. The molecule has 0 saturated carbocycles. The molecule has 2 aromatic carbocycles. The van der Waals surface area contributed by atoms with E-state index >= 15 is 0 Å². The van der Waals surface area contributed by atoms with Crippen LogP contribution in [0.2, 0.25) is 0 Å². The molecule has 1 atom stereocenters. The van der Waals surface area contributed by atoms with Crippen LogP contribution in [0.3, 0.4) is 0 Å². The van der Waals surface area contributed by atoms with E-state index in [1.165, 1.54) is 16.7 Å². The van der Waals surface area contributed by atoms with Gasteiger partial charge in [0.15, 0.2) is 0 Å². The van der Waals surface area contributed by atoms with Crippen molar-refractivity contribution in [3.05, 3.63) is 70.8 Å². The molecule has 1 unspecified atom stereocenters. The van der Waals surface area contributed by atoms with Gasteiger partial charge < -0.3 is 9.64 Å². The molecule has 126 valence electrons. The quantitative estimate of drug-likeness (QED) is 0.855. The van der Waals surface area contributed by atoms with Crippen LogP contribution in [-0.2, 0) is 16.0 Å². The van der Waals surface area contributed by atoms with Gasteiger partial charge in [-0.25, -0.2) is 0 Å². The molecule has 24 heavy (non-hydrogen) atoms. The maximum Gasteiger partial charge on any atom is 0.223 e. The van der Waals surface area contributed by atoms with E-state index in [4.69, 9.17) is 4.74 Å². The molecule has 1 saturated heterocycles. The maximum atomic E-state index is 12.6. The normalized spacial score (nSPS) is 17.8. The summed E-state index contributed by atoms with van der Waals surface area (Å²) in [5.41, 5.74) is 4.94. The first kappa shape index (κ1) is 16.7. The molecule has 1 heterocycles. The predicted molar refractivity (Wildman–Crippen MR) is 96.0 cm³/mol. The molecule has 2 aromatic rings. The van der Waals surface area contributed by atoms with Crippen LogP contribution in [0, 0.1) is 13.8 Å². The number of aryl methyl sites for hydroxylation is 3. The molecule has 0 N–H and O–H groups in total. The van der Waals surface area contributed by atoms with Gasteiger partial charge in [-0.1, -0.05) is 54.1 Å². The number of carbonyl (C=O) groups is 1.